The highest BCUT2D eigenvalue weighted by Crippen LogP contribution is 2.25. The predicted octanol–water partition coefficient (Wildman–Crippen LogP) is 5.82. The normalized spacial score (nSPS) is 11.0. The number of hydrogen-bond acceptors (Lipinski definition) is 2. The van der Waals surface area contributed by atoms with Crippen molar-refractivity contribution in [3.8, 4) is 5.75 Å². The van der Waals surface area contributed by atoms with Crippen molar-refractivity contribution in [1.82, 2.24) is 5.32 Å². The van der Waals surface area contributed by atoms with Gasteiger partial charge in [-0.05, 0) is 43.1 Å². The summed E-state index contributed by atoms with van der Waals surface area (Å²) in [6, 6.07) is 13.9. The zero-order valence-electron chi connectivity index (χ0n) is 13.6. The first-order valence-corrected chi connectivity index (χ1v) is 9.08. The molecule has 0 saturated carbocycles. The Kier molecular flexibility index (Phi) is 7.41. The fourth-order valence-electron chi connectivity index (χ4n) is 2.21. The first-order chi connectivity index (χ1) is 11.1. The van der Waals surface area contributed by atoms with Crippen molar-refractivity contribution < 1.29 is 4.74 Å². The van der Waals surface area contributed by atoms with E-state index in [2.05, 4.69) is 41.2 Å². The Morgan fingerprint density at radius 2 is 1.91 bits per heavy atom. The summed E-state index contributed by atoms with van der Waals surface area (Å²) >= 11 is 9.72. The van der Waals surface area contributed by atoms with Crippen LogP contribution in [-0.2, 0) is 13.2 Å². The van der Waals surface area contributed by atoms with Crippen molar-refractivity contribution in [2.75, 3.05) is 6.54 Å². The molecule has 124 valence electrons. The van der Waals surface area contributed by atoms with Crippen LogP contribution in [0, 0.1) is 5.92 Å². The predicted molar refractivity (Wildman–Crippen MR) is 101 cm³/mol. The standard InChI is InChI=1S/C19H23BrClNO/c1-14(2)9-10-22-12-16-11-17(20)7-8-19(16)23-13-15-5-3-4-6-18(15)21/h3-8,11,14,22H,9-10,12-13H2,1-2H3. The van der Waals surface area contributed by atoms with Crippen LogP contribution in [0.5, 0.6) is 5.75 Å². The van der Waals surface area contributed by atoms with Gasteiger partial charge in [-0.25, -0.2) is 0 Å². The fourth-order valence-corrected chi connectivity index (χ4v) is 2.81. The molecule has 0 aliphatic heterocycles. The van der Waals surface area contributed by atoms with E-state index in [1.54, 1.807) is 0 Å². The van der Waals surface area contributed by atoms with Crippen LogP contribution in [0.1, 0.15) is 31.4 Å². The summed E-state index contributed by atoms with van der Waals surface area (Å²) in [5.74, 6) is 1.60. The van der Waals surface area contributed by atoms with Gasteiger partial charge in [-0.2, -0.15) is 0 Å². The second-order valence-corrected chi connectivity index (χ2v) is 7.31. The molecule has 1 N–H and O–H groups in total. The molecule has 0 atom stereocenters. The van der Waals surface area contributed by atoms with E-state index in [0.29, 0.717) is 12.5 Å². The molecule has 0 bridgehead atoms. The van der Waals surface area contributed by atoms with Crippen molar-refractivity contribution in [2.24, 2.45) is 5.92 Å². The molecule has 0 aromatic heterocycles. The van der Waals surface area contributed by atoms with Crippen LogP contribution in [0.15, 0.2) is 46.9 Å². The number of ether oxygens (including phenoxy) is 1. The molecule has 0 saturated heterocycles. The summed E-state index contributed by atoms with van der Waals surface area (Å²) in [5, 5.41) is 4.22. The summed E-state index contributed by atoms with van der Waals surface area (Å²) in [6.45, 7) is 6.75. The van der Waals surface area contributed by atoms with Crippen molar-refractivity contribution in [1.29, 1.82) is 0 Å². The molecule has 0 heterocycles. The topological polar surface area (TPSA) is 21.3 Å². The average Bonchev–Trinajstić information content (AvgIpc) is 2.52. The first kappa shape index (κ1) is 18.3. The van der Waals surface area contributed by atoms with Gasteiger partial charge >= 0.3 is 0 Å². The Morgan fingerprint density at radius 3 is 2.65 bits per heavy atom. The Labute approximate surface area is 152 Å². The largest absolute Gasteiger partial charge is 0.489 e. The molecule has 2 aromatic carbocycles. The minimum absolute atomic E-state index is 0.473. The molecule has 2 rings (SSSR count). The van der Waals surface area contributed by atoms with Crippen LogP contribution in [-0.4, -0.2) is 6.54 Å². The lowest BCUT2D eigenvalue weighted by molar-refractivity contribution is 0.302. The number of nitrogens with one attached hydrogen (secondary N) is 1. The second-order valence-electron chi connectivity index (χ2n) is 5.99. The maximum absolute atomic E-state index is 6.19. The molecule has 0 aliphatic carbocycles. The molecule has 4 heteroatoms. The Morgan fingerprint density at radius 1 is 1.13 bits per heavy atom. The van der Waals surface area contributed by atoms with Gasteiger partial charge in [0.05, 0.1) is 0 Å². The van der Waals surface area contributed by atoms with Gasteiger partial charge in [0.25, 0.3) is 0 Å². The first-order valence-electron chi connectivity index (χ1n) is 7.91. The Bertz CT molecular complexity index is 631. The summed E-state index contributed by atoms with van der Waals surface area (Å²) in [6.07, 6.45) is 1.17. The highest BCUT2D eigenvalue weighted by atomic mass is 79.9. The monoisotopic (exact) mass is 395 g/mol. The summed E-state index contributed by atoms with van der Waals surface area (Å²) in [5.41, 5.74) is 2.14. The zero-order chi connectivity index (χ0) is 16.7. The third-order valence-electron chi connectivity index (χ3n) is 3.58. The molecule has 0 amide bonds. The number of rotatable bonds is 8. The SMILES string of the molecule is CC(C)CCNCc1cc(Br)ccc1OCc1ccccc1Cl. The molecule has 23 heavy (non-hydrogen) atoms. The van der Waals surface area contributed by atoms with Gasteiger partial charge in [-0.1, -0.05) is 59.6 Å². The van der Waals surface area contributed by atoms with E-state index >= 15 is 0 Å². The van der Waals surface area contributed by atoms with Gasteiger partial charge < -0.3 is 10.1 Å². The van der Waals surface area contributed by atoms with E-state index in [9.17, 15) is 0 Å². The van der Waals surface area contributed by atoms with E-state index in [4.69, 9.17) is 16.3 Å². The number of benzene rings is 2. The van der Waals surface area contributed by atoms with Gasteiger partial charge in [0.15, 0.2) is 0 Å². The van der Waals surface area contributed by atoms with Crippen LogP contribution in [0.4, 0.5) is 0 Å². The smallest absolute Gasteiger partial charge is 0.124 e. The van der Waals surface area contributed by atoms with Crippen molar-refractivity contribution in [3.63, 3.8) is 0 Å². The highest BCUT2D eigenvalue weighted by Gasteiger charge is 2.07. The molecular formula is C19H23BrClNO. The molecule has 0 aliphatic rings. The molecule has 0 spiro atoms. The zero-order valence-corrected chi connectivity index (χ0v) is 16.0. The maximum atomic E-state index is 6.19. The molecule has 0 radical (unpaired) electrons. The second kappa shape index (κ2) is 9.31. The Balaban J connectivity index is 1.99. The van der Waals surface area contributed by atoms with Gasteiger partial charge in [0.1, 0.15) is 12.4 Å². The van der Waals surface area contributed by atoms with E-state index < -0.39 is 0 Å². The minimum Gasteiger partial charge on any atom is -0.489 e. The third kappa shape index (κ3) is 6.17. The summed E-state index contributed by atoms with van der Waals surface area (Å²) < 4.78 is 7.05. The van der Waals surface area contributed by atoms with Gasteiger partial charge in [0, 0.05) is 27.2 Å². The van der Waals surface area contributed by atoms with Crippen molar-refractivity contribution >= 4 is 27.5 Å². The van der Waals surface area contributed by atoms with E-state index in [-0.39, 0.29) is 0 Å². The Hall–Kier alpha value is -1.03. The average molecular weight is 397 g/mol. The molecule has 0 unspecified atom stereocenters. The third-order valence-corrected chi connectivity index (χ3v) is 4.44. The lowest BCUT2D eigenvalue weighted by atomic mass is 10.1. The van der Waals surface area contributed by atoms with E-state index in [1.165, 1.54) is 6.42 Å². The van der Waals surface area contributed by atoms with Gasteiger partial charge in [-0.3, -0.25) is 0 Å². The van der Waals surface area contributed by atoms with Crippen LogP contribution in [0.3, 0.4) is 0 Å². The molecular weight excluding hydrogens is 374 g/mol. The fraction of sp³-hybridized carbons (Fsp3) is 0.368. The minimum atomic E-state index is 0.473. The van der Waals surface area contributed by atoms with Crippen molar-refractivity contribution in [2.45, 2.75) is 33.4 Å². The lowest BCUT2D eigenvalue weighted by Gasteiger charge is -2.14. The highest BCUT2D eigenvalue weighted by molar-refractivity contribution is 9.10. The van der Waals surface area contributed by atoms with Gasteiger partial charge in [-0.15, -0.1) is 0 Å². The van der Waals surface area contributed by atoms with Crippen molar-refractivity contribution in [3.05, 3.63) is 63.1 Å². The number of hydrogen-bond donors (Lipinski definition) is 1. The van der Waals surface area contributed by atoms with Crippen LogP contribution >= 0.6 is 27.5 Å². The molecule has 2 nitrogen and oxygen atoms in total. The van der Waals surface area contributed by atoms with Crippen LogP contribution in [0.25, 0.3) is 0 Å². The lowest BCUT2D eigenvalue weighted by Crippen LogP contribution is -2.17. The van der Waals surface area contributed by atoms with Crippen LogP contribution in [0.2, 0.25) is 5.02 Å². The quantitative estimate of drug-likeness (QED) is 0.568. The number of halogens is 2. The molecule has 2 aromatic rings. The van der Waals surface area contributed by atoms with Gasteiger partial charge in [0.2, 0.25) is 0 Å². The van der Waals surface area contributed by atoms with Crippen LogP contribution < -0.4 is 10.1 Å². The van der Waals surface area contributed by atoms with E-state index in [0.717, 1.165) is 39.5 Å². The molecule has 0 fully saturated rings. The summed E-state index contributed by atoms with van der Waals surface area (Å²) in [4.78, 5) is 0. The summed E-state index contributed by atoms with van der Waals surface area (Å²) in [7, 11) is 0. The maximum Gasteiger partial charge on any atom is 0.124 e. The van der Waals surface area contributed by atoms with E-state index in [1.807, 2.05) is 36.4 Å².